The highest BCUT2D eigenvalue weighted by atomic mass is 16.1. The maximum atomic E-state index is 12.1. The molecule has 1 atom stereocenters. The Bertz CT molecular complexity index is 724. The molecule has 0 unspecified atom stereocenters. The molecule has 1 aliphatic heterocycles. The van der Waals surface area contributed by atoms with E-state index in [9.17, 15) is 4.79 Å². The Morgan fingerprint density at radius 3 is 2.58 bits per heavy atom. The van der Waals surface area contributed by atoms with Crippen molar-refractivity contribution in [1.29, 1.82) is 0 Å². The first-order valence-electron chi connectivity index (χ1n) is 9.31. The largest absolute Gasteiger partial charge is 0.314 e. The standard InChI is InChI=1S/C20H27N3O/c1-15(24)23-14-18(17-8-4-5-9-19(17)23)20(16-6-2-3-7-16)22-12-10-21-11-13-22/h4-5,8-9,14,16,20-21H,2-3,6-7,10-13H2,1H3/t20-/m1/s1. The van der Waals surface area contributed by atoms with Crippen molar-refractivity contribution in [1.82, 2.24) is 14.8 Å². The predicted molar refractivity (Wildman–Crippen MR) is 97.4 cm³/mol. The molecule has 2 heterocycles. The smallest absolute Gasteiger partial charge is 0.227 e. The molecule has 1 aliphatic carbocycles. The van der Waals surface area contributed by atoms with E-state index in [1.165, 1.54) is 36.6 Å². The average molecular weight is 325 g/mol. The third-order valence-corrected chi connectivity index (χ3v) is 5.79. The predicted octanol–water partition coefficient (Wildman–Crippen LogP) is 3.44. The first-order valence-corrected chi connectivity index (χ1v) is 9.31. The number of piperazine rings is 1. The number of aromatic nitrogens is 1. The van der Waals surface area contributed by atoms with Crippen LogP contribution in [-0.2, 0) is 0 Å². The molecular formula is C20H27N3O. The van der Waals surface area contributed by atoms with Crippen molar-refractivity contribution in [2.24, 2.45) is 5.92 Å². The van der Waals surface area contributed by atoms with E-state index in [0.29, 0.717) is 12.0 Å². The van der Waals surface area contributed by atoms with Gasteiger partial charge < -0.3 is 5.32 Å². The van der Waals surface area contributed by atoms with Crippen molar-refractivity contribution in [2.45, 2.75) is 38.6 Å². The van der Waals surface area contributed by atoms with E-state index in [1.54, 1.807) is 6.92 Å². The third-order valence-electron chi connectivity index (χ3n) is 5.79. The van der Waals surface area contributed by atoms with Crippen LogP contribution in [0.25, 0.3) is 10.9 Å². The van der Waals surface area contributed by atoms with Gasteiger partial charge in [0.1, 0.15) is 0 Å². The van der Waals surface area contributed by atoms with E-state index >= 15 is 0 Å². The molecule has 128 valence electrons. The maximum absolute atomic E-state index is 12.1. The highest BCUT2D eigenvalue weighted by Crippen LogP contribution is 2.42. The number of fused-ring (bicyclic) bond motifs is 1. The normalized spacial score (nSPS) is 21.4. The molecule has 2 aliphatic rings. The average Bonchev–Trinajstić information content (AvgIpc) is 3.25. The lowest BCUT2D eigenvalue weighted by molar-refractivity contribution is 0.0939. The van der Waals surface area contributed by atoms with E-state index in [-0.39, 0.29) is 5.91 Å². The minimum atomic E-state index is 0.0999. The number of carbonyl (C=O) groups excluding carboxylic acids is 1. The van der Waals surface area contributed by atoms with Crippen LogP contribution in [0.2, 0.25) is 0 Å². The Morgan fingerprint density at radius 2 is 1.88 bits per heavy atom. The van der Waals surface area contributed by atoms with E-state index in [4.69, 9.17) is 0 Å². The summed E-state index contributed by atoms with van der Waals surface area (Å²) in [6, 6.07) is 8.83. The van der Waals surface area contributed by atoms with Crippen LogP contribution in [0.1, 0.15) is 49.0 Å². The van der Waals surface area contributed by atoms with Crippen LogP contribution in [0.15, 0.2) is 30.5 Å². The minimum absolute atomic E-state index is 0.0999. The number of para-hydroxylation sites is 1. The van der Waals surface area contributed by atoms with E-state index < -0.39 is 0 Å². The summed E-state index contributed by atoms with van der Waals surface area (Å²) < 4.78 is 1.84. The summed E-state index contributed by atoms with van der Waals surface area (Å²) in [5, 5.41) is 4.72. The second-order valence-electron chi connectivity index (χ2n) is 7.27. The van der Waals surface area contributed by atoms with Crippen LogP contribution in [0, 0.1) is 5.92 Å². The summed E-state index contributed by atoms with van der Waals surface area (Å²) in [6.07, 6.45) is 7.44. The molecule has 24 heavy (non-hydrogen) atoms. The van der Waals surface area contributed by atoms with Gasteiger partial charge in [0.25, 0.3) is 0 Å². The monoisotopic (exact) mass is 325 g/mol. The van der Waals surface area contributed by atoms with Crippen molar-refractivity contribution in [3.63, 3.8) is 0 Å². The summed E-state index contributed by atoms with van der Waals surface area (Å²) in [7, 11) is 0. The fourth-order valence-corrected chi connectivity index (χ4v) is 4.68. The molecule has 1 N–H and O–H groups in total. The quantitative estimate of drug-likeness (QED) is 0.939. The second kappa shape index (κ2) is 6.69. The van der Waals surface area contributed by atoms with Gasteiger partial charge in [-0.2, -0.15) is 0 Å². The van der Waals surface area contributed by atoms with Gasteiger partial charge in [0, 0.05) is 50.7 Å². The topological polar surface area (TPSA) is 37.3 Å². The second-order valence-corrected chi connectivity index (χ2v) is 7.27. The number of hydrogen-bond donors (Lipinski definition) is 1. The lowest BCUT2D eigenvalue weighted by atomic mass is 9.89. The number of rotatable bonds is 3. The third kappa shape index (κ3) is 2.78. The number of nitrogens with one attached hydrogen (secondary N) is 1. The lowest BCUT2D eigenvalue weighted by Crippen LogP contribution is -2.46. The fraction of sp³-hybridized carbons (Fsp3) is 0.550. The van der Waals surface area contributed by atoms with Gasteiger partial charge in [0.2, 0.25) is 5.91 Å². The molecule has 4 heteroatoms. The molecule has 1 saturated heterocycles. The number of carbonyl (C=O) groups is 1. The molecule has 1 aromatic heterocycles. The molecule has 0 amide bonds. The first-order chi connectivity index (χ1) is 11.8. The van der Waals surface area contributed by atoms with Crippen molar-refractivity contribution >= 4 is 16.8 Å². The zero-order chi connectivity index (χ0) is 16.5. The summed E-state index contributed by atoms with van der Waals surface area (Å²) >= 11 is 0. The van der Waals surface area contributed by atoms with Crippen molar-refractivity contribution in [3.05, 3.63) is 36.0 Å². The Labute approximate surface area is 143 Å². The molecule has 4 nitrogen and oxygen atoms in total. The molecular weight excluding hydrogens is 298 g/mol. The Morgan fingerprint density at radius 1 is 1.17 bits per heavy atom. The molecule has 2 aromatic rings. The van der Waals surface area contributed by atoms with Crippen molar-refractivity contribution in [3.8, 4) is 0 Å². The highest BCUT2D eigenvalue weighted by molar-refractivity contribution is 5.93. The summed E-state index contributed by atoms with van der Waals surface area (Å²) in [6.45, 7) is 5.98. The van der Waals surface area contributed by atoms with Gasteiger partial charge in [-0.15, -0.1) is 0 Å². The van der Waals surface area contributed by atoms with Gasteiger partial charge >= 0.3 is 0 Å². The molecule has 1 saturated carbocycles. The molecule has 1 aromatic carbocycles. The first kappa shape index (κ1) is 15.9. The van der Waals surface area contributed by atoms with Crippen LogP contribution in [-0.4, -0.2) is 41.6 Å². The van der Waals surface area contributed by atoms with Crippen LogP contribution < -0.4 is 5.32 Å². The van der Waals surface area contributed by atoms with Gasteiger partial charge in [-0.05, 0) is 30.4 Å². The molecule has 4 rings (SSSR count). The summed E-state index contributed by atoms with van der Waals surface area (Å²) in [5.41, 5.74) is 2.41. The molecule has 0 bridgehead atoms. The van der Waals surface area contributed by atoms with Crippen LogP contribution in [0.4, 0.5) is 0 Å². The minimum Gasteiger partial charge on any atom is -0.314 e. The van der Waals surface area contributed by atoms with Crippen LogP contribution >= 0.6 is 0 Å². The fourth-order valence-electron chi connectivity index (χ4n) is 4.68. The highest BCUT2D eigenvalue weighted by Gasteiger charge is 2.34. The number of hydrogen-bond acceptors (Lipinski definition) is 3. The van der Waals surface area contributed by atoms with Gasteiger partial charge in [0.15, 0.2) is 0 Å². The van der Waals surface area contributed by atoms with E-state index in [2.05, 4.69) is 34.6 Å². The Balaban J connectivity index is 1.82. The molecule has 0 spiro atoms. The number of nitrogens with zero attached hydrogens (tertiary/aromatic N) is 2. The van der Waals surface area contributed by atoms with Crippen molar-refractivity contribution in [2.75, 3.05) is 26.2 Å². The molecule has 2 fully saturated rings. The summed E-state index contributed by atoms with van der Waals surface area (Å²) in [4.78, 5) is 14.8. The van der Waals surface area contributed by atoms with E-state index in [0.717, 1.165) is 31.7 Å². The van der Waals surface area contributed by atoms with Gasteiger partial charge in [-0.3, -0.25) is 14.3 Å². The number of benzene rings is 1. The zero-order valence-electron chi connectivity index (χ0n) is 14.5. The lowest BCUT2D eigenvalue weighted by Gasteiger charge is -2.38. The van der Waals surface area contributed by atoms with Crippen LogP contribution in [0.5, 0.6) is 0 Å². The Kier molecular flexibility index (Phi) is 4.42. The summed E-state index contributed by atoms with van der Waals surface area (Å²) in [5.74, 6) is 0.817. The Hall–Kier alpha value is -1.65. The maximum Gasteiger partial charge on any atom is 0.227 e. The van der Waals surface area contributed by atoms with Crippen LogP contribution in [0.3, 0.4) is 0 Å². The van der Waals surface area contributed by atoms with Gasteiger partial charge in [0.05, 0.1) is 5.52 Å². The van der Waals surface area contributed by atoms with Crippen molar-refractivity contribution < 1.29 is 4.79 Å². The molecule has 0 radical (unpaired) electrons. The SMILES string of the molecule is CC(=O)n1cc([C@@H](C2CCCC2)N2CCNCC2)c2ccccc21. The van der Waals surface area contributed by atoms with Gasteiger partial charge in [-0.1, -0.05) is 31.0 Å². The van der Waals surface area contributed by atoms with Gasteiger partial charge in [-0.25, -0.2) is 0 Å². The van der Waals surface area contributed by atoms with E-state index in [1.807, 2.05) is 10.6 Å². The zero-order valence-corrected chi connectivity index (χ0v) is 14.5.